The molecule has 5 nitrogen and oxygen atoms in total. The highest BCUT2D eigenvalue weighted by Gasteiger charge is 2.16. The van der Waals surface area contributed by atoms with Gasteiger partial charge in [0.2, 0.25) is 5.76 Å². The van der Waals surface area contributed by atoms with Crippen molar-refractivity contribution in [2.45, 2.75) is 12.5 Å². The summed E-state index contributed by atoms with van der Waals surface area (Å²) in [5, 5.41) is 26.2. The maximum Gasteiger partial charge on any atom is 0.372 e. The van der Waals surface area contributed by atoms with Gasteiger partial charge in [-0.15, -0.1) is 0 Å². The Kier molecular flexibility index (Phi) is 3.05. The van der Waals surface area contributed by atoms with Crippen molar-refractivity contribution < 1.29 is 24.5 Å². The molecule has 0 amide bonds. The van der Waals surface area contributed by atoms with E-state index in [-0.39, 0.29) is 12.2 Å². The van der Waals surface area contributed by atoms with Crippen molar-refractivity contribution in [3.05, 3.63) is 23.7 Å². The highest BCUT2D eigenvalue weighted by molar-refractivity contribution is 5.86. The van der Waals surface area contributed by atoms with Gasteiger partial charge in [0.05, 0.1) is 19.0 Å². The van der Waals surface area contributed by atoms with E-state index >= 15 is 0 Å². The van der Waals surface area contributed by atoms with Gasteiger partial charge in [0, 0.05) is 12.0 Å². The summed E-state index contributed by atoms with van der Waals surface area (Å²) in [5.74, 6) is -1.36. The van der Waals surface area contributed by atoms with Crippen molar-refractivity contribution in [2.24, 2.45) is 0 Å². The zero-order valence-corrected chi connectivity index (χ0v) is 6.80. The van der Waals surface area contributed by atoms with E-state index in [9.17, 15) is 4.79 Å². The van der Waals surface area contributed by atoms with E-state index < -0.39 is 18.7 Å². The van der Waals surface area contributed by atoms with Crippen molar-refractivity contribution in [3.8, 4) is 0 Å². The van der Waals surface area contributed by atoms with Crippen LogP contribution >= 0.6 is 0 Å². The molecule has 0 aromatic carbocycles. The zero-order chi connectivity index (χ0) is 9.84. The average molecular weight is 186 g/mol. The Balaban J connectivity index is 2.76. The van der Waals surface area contributed by atoms with E-state index in [0.717, 1.165) is 0 Å². The first-order chi connectivity index (χ1) is 6.15. The molecule has 1 aromatic heterocycles. The van der Waals surface area contributed by atoms with Gasteiger partial charge in [-0.05, 0) is 6.07 Å². The molecule has 0 saturated heterocycles. The molecule has 1 atom stereocenters. The molecule has 0 aliphatic heterocycles. The van der Waals surface area contributed by atoms with Gasteiger partial charge in [-0.25, -0.2) is 4.79 Å². The van der Waals surface area contributed by atoms with Crippen molar-refractivity contribution in [1.82, 2.24) is 0 Å². The fourth-order valence-electron chi connectivity index (χ4n) is 1.00. The topological polar surface area (TPSA) is 90.9 Å². The minimum absolute atomic E-state index is 0.0780. The van der Waals surface area contributed by atoms with E-state index in [1.54, 1.807) is 0 Å². The van der Waals surface area contributed by atoms with Crippen LogP contribution in [0.3, 0.4) is 0 Å². The van der Waals surface area contributed by atoms with E-state index in [4.69, 9.17) is 15.3 Å². The highest BCUT2D eigenvalue weighted by atomic mass is 16.4. The van der Waals surface area contributed by atoms with Crippen LogP contribution in [0.4, 0.5) is 0 Å². The van der Waals surface area contributed by atoms with Crippen LogP contribution in [0.25, 0.3) is 0 Å². The second-order valence-corrected chi connectivity index (χ2v) is 2.62. The smallest absolute Gasteiger partial charge is 0.372 e. The number of furan rings is 1. The second-order valence-electron chi connectivity index (χ2n) is 2.62. The number of rotatable bonds is 4. The summed E-state index contributed by atoms with van der Waals surface area (Å²) < 4.78 is 4.68. The number of aromatic carboxylic acids is 1. The lowest BCUT2D eigenvalue weighted by atomic mass is 10.1. The summed E-state index contributed by atoms with van der Waals surface area (Å²) in [4.78, 5) is 10.5. The summed E-state index contributed by atoms with van der Waals surface area (Å²) in [5.41, 5.74) is 0.383. The average Bonchev–Trinajstić information content (AvgIpc) is 2.52. The molecular weight excluding hydrogens is 176 g/mol. The van der Waals surface area contributed by atoms with Crippen LogP contribution in [-0.4, -0.2) is 34.0 Å². The normalized spacial score (nSPS) is 12.8. The molecule has 72 valence electrons. The zero-order valence-electron chi connectivity index (χ0n) is 6.80. The summed E-state index contributed by atoms with van der Waals surface area (Å²) in [6.07, 6.45) is 0.369. The Hall–Kier alpha value is -1.33. The van der Waals surface area contributed by atoms with Gasteiger partial charge < -0.3 is 19.7 Å². The van der Waals surface area contributed by atoms with Gasteiger partial charge in [-0.1, -0.05) is 0 Å². The molecule has 1 rings (SSSR count). The van der Waals surface area contributed by atoms with Gasteiger partial charge in [-0.2, -0.15) is 0 Å². The molecule has 0 radical (unpaired) electrons. The quantitative estimate of drug-likeness (QED) is 0.609. The van der Waals surface area contributed by atoms with Gasteiger partial charge >= 0.3 is 5.97 Å². The van der Waals surface area contributed by atoms with Crippen LogP contribution in [0.15, 0.2) is 16.7 Å². The minimum Gasteiger partial charge on any atom is -0.475 e. The van der Waals surface area contributed by atoms with E-state index in [1.165, 1.54) is 12.3 Å². The minimum atomic E-state index is -1.18. The van der Waals surface area contributed by atoms with Gasteiger partial charge in [-0.3, -0.25) is 0 Å². The summed E-state index contributed by atoms with van der Waals surface area (Å²) in [6, 6.07) is 1.46. The molecule has 5 heteroatoms. The molecule has 0 aliphatic carbocycles. The van der Waals surface area contributed by atoms with Gasteiger partial charge in [0.1, 0.15) is 0 Å². The summed E-state index contributed by atoms with van der Waals surface area (Å²) in [6.45, 7) is -0.399. The van der Waals surface area contributed by atoms with Crippen molar-refractivity contribution in [2.75, 3.05) is 6.61 Å². The Morgan fingerprint density at radius 1 is 1.62 bits per heavy atom. The van der Waals surface area contributed by atoms with E-state index in [2.05, 4.69) is 4.42 Å². The molecule has 1 aromatic rings. The van der Waals surface area contributed by atoms with Crippen LogP contribution in [0.5, 0.6) is 0 Å². The monoisotopic (exact) mass is 186 g/mol. The van der Waals surface area contributed by atoms with Crippen molar-refractivity contribution >= 4 is 5.97 Å². The molecule has 0 fully saturated rings. The van der Waals surface area contributed by atoms with Crippen molar-refractivity contribution in [3.63, 3.8) is 0 Å². The lowest BCUT2D eigenvalue weighted by Crippen LogP contribution is -2.16. The fraction of sp³-hybridized carbons (Fsp3) is 0.375. The molecule has 0 bridgehead atoms. The molecule has 1 unspecified atom stereocenters. The predicted molar refractivity (Wildman–Crippen MR) is 42.5 cm³/mol. The Morgan fingerprint density at radius 3 is 2.85 bits per heavy atom. The lowest BCUT2D eigenvalue weighted by molar-refractivity contribution is 0.0655. The SMILES string of the molecule is O=C(O)c1occc1CC(O)CO. The Labute approximate surface area is 74.2 Å². The summed E-state index contributed by atoms with van der Waals surface area (Å²) in [7, 11) is 0. The van der Waals surface area contributed by atoms with Gasteiger partial charge in [0.25, 0.3) is 0 Å². The van der Waals surface area contributed by atoms with Crippen molar-refractivity contribution in [1.29, 1.82) is 0 Å². The maximum atomic E-state index is 10.5. The van der Waals surface area contributed by atoms with Crippen LogP contribution < -0.4 is 0 Å². The third kappa shape index (κ3) is 2.30. The number of carbonyl (C=O) groups is 1. The Morgan fingerprint density at radius 2 is 2.31 bits per heavy atom. The van der Waals surface area contributed by atoms with Gasteiger partial charge in [0.15, 0.2) is 0 Å². The molecule has 0 aliphatic rings. The number of hydrogen-bond acceptors (Lipinski definition) is 4. The molecule has 1 heterocycles. The largest absolute Gasteiger partial charge is 0.475 e. The first-order valence-corrected chi connectivity index (χ1v) is 3.73. The highest BCUT2D eigenvalue weighted by Crippen LogP contribution is 2.12. The molecule has 0 saturated carbocycles. The number of hydrogen-bond donors (Lipinski definition) is 3. The van der Waals surface area contributed by atoms with Crippen LogP contribution in [0, 0.1) is 0 Å². The van der Waals surface area contributed by atoms with Crippen LogP contribution in [0.2, 0.25) is 0 Å². The van der Waals surface area contributed by atoms with E-state index in [0.29, 0.717) is 5.56 Å². The van der Waals surface area contributed by atoms with E-state index in [1.807, 2.05) is 0 Å². The first kappa shape index (κ1) is 9.76. The third-order valence-electron chi connectivity index (χ3n) is 1.61. The molecular formula is C8H10O5. The number of aliphatic hydroxyl groups excluding tert-OH is 2. The molecule has 3 N–H and O–H groups in total. The lowest BCUT2D eigenvalue weighted by Gasteiger charge is -2.04. The third-order valence-corrected chi connectivity index (χ3v) is 1.61. The number of aliphatic hydroxyl groups is 2. The van der Waals surface area contributed by atoms with Crippen LogP contribution in [-0.2, 0) is 6.42 Å². The maximum absolute atomic E-state index is 10.5. The standard InChI is InChI=1S/C8H10O5/c9-4-6(10)3-5-1-2-13-7(5)8(11)12/h1-2,6,9-10H,3-4H2,(H,11,12). The van der Waals surface area contributed by atoms with Crippen LogP contribution in [0.1, 0.15) is 16.1 Å². The summed E-state index contributed by atoms with van der Waals surface area (Å²) >= 11 is 0. The second kappa shape index (κ2) is 4.06. The number of carboxylic acids is 1. The molecule has 13 heavy (non-hydrogen) atoms. The molecule has 0 spiro atoms. The predicted octanol–water partition coefficient (Wildman–Crippen LogP) is -0.127. The Bertz CT molecular complexity index is 290. The fourth-order valence-corrected chi connectivity index (χ4v) is 1.00. The first-order valence-electron chi connectivity index (χ1n) is 3.73. The number of carboxylic acid groups (broad SMARTS) is 1.